The average molecular weight is 157 g/mol. The maximum atomic E-state index is 5.44. The van der Waals surface area contributed by atoms with E-state index in [0.717, 1.165) is 0 Å². The minimum absolute atomic E-state index is 0. The second-order valence-electron chi connectivity index (χ2n) is 1.90. The van der Waals surface area contributed by atoms with Gasteiger partial charge in [-0.1, -0.05) is 24.3 Å². The van der Waals surface area contributed by atoms with E-state index >= 15 is 0 Å². The zero-order chi connectivity index (χ0) is 6.69. The molecule has 0 aliphatic heterocycles. The van der Waals surface area contributed by atoms with E-state index < -0.39 is 0 Å². The molecule has 10 heavy (non-hydrogen) atoms. The fraction of sp³-hybridized carbons (Fsp3) is 0.143. The fourth-order valence-electron chi connectivity index (χ4n) is 0.720. The quantitative estimate of drug-likeness (QED) is 0.565. The highest BCUT2D eigenvalue weighted by Gasteiger charge is 1.89. The summed E-state index contributed by atoms with van der Waals surface area (Å²) < 4.78 is 0. The van der Waals surface area contributed by atoms with Crippen LogP contribution < -0.4 is 11.0 Å². The summed E-state index contributed by atoms with van der Waals surface area (Å²) in [4.78, 5) is 0. The molecule has 1 aromatic rings. The normalized spacial score (nSPS) is 8.60. The zero-order valence-corrected chi connectivity index (χ0v) is 6.83. The van der Waals surface area contributed by atoms with Crippen LogP contribution in [0.1, 0.15) is 5.56 Å². The van der Waals surface area contributed by atoms with Crippen LogP contribution in [0.25, 0.3) is 0 Å². The molecular weight excluding hydrogens is 145 g/mol. The number of hydrogen-bond donors (Lipinski definition) is 1. The minimum atomic E-state index is 0. The lowest BCUT2D eigenvalue weighted by atomic mass is 10.2. The molecule has 0 saturated carbocycles. The molecule has 0 heterocycles. The topological polar surface area (TPSA) is 57.5 Å². The third-order valence-corrected chi connectivity index (χ3v) is 1.84. The highest BCUT2D eigenvalue weighted by atomic mass is 31.0. The Hall–Kier alpha value is -0.430. The van der Waals surface area contributed by atoms with Crippen molar-refractivity contribution >= 4 is 14.5 Å². The molecule has 0 spiro atoms. The number of hydrogen-bond acceptors (Lipinski definition) is 1. The largest absolute Gasteiger partial charge is 0.412 e. The summed E-state index contributed by atoms with van der Waals surface area (Å²) in [5, 5.41) is 1.19. The van der Waals surface area contributed by atoms with Crippen molar-refractivity contribution in [3.8, 4) is 0 Å². The van der Waals surface area contributed by atoms with Crippen molar-refractivity contribution in [2.75, 3.05) is 0 Å². The molecule has 0 saturated heterocycles. The van der Waals surface area contributed by atoms with E-state index in [1.54, 1.807) is 0 Å². The standard InChI is InChI=1S/C7H10NP.H2O/c8-5-6-3-1-2-4-7(6)9;/h1-4H,5,8-9H2;1H2. The van der Waals surface area contributed by atoms with Crippen LogP contribution in [0.4, 0.5) is 0 Å². The zero-order valence-electron chi connectivity index (χ0n) is 5.67. The number of nitrogens with two attached hydrogens (primary N) is 1. The first kappa shape index (κ1) is 9.57. The Labute approximate surface area is 62.9 Å². The molecular formula is C7H12NOP. The van der Waals surface area contributed by atoms with E-state index in [1.807, 2.05) is 24.3 Å². The van der Waals surface area contributed by atoms with Crippen molar-refractivity contribution in [1.29, 1.82) is 0 Å². The number of benzene rings is 1. The Morgan fingerprint density at radius 3 is 2.30 bits per heavy atom. The minimum Gasteiger partial charge on any atom is -0.412 e. The maximum absolute atomic E-state index is 5.44. The molecule has 3 heteroatoms. The van der Waals surface area contributed by atoms with Gasteiger partial charge in [0.2, 0.25) is 0 Å². The smallest absolute Gasteiger partial charge is 0.0184 e. The van der Waals surface area contributed by atoms with Gasteiger partial charge in [-0.2, -0.15) is 0 Å². The van der Waals surface area contributed by atoms with Gasteiger partial charge in [0.15, 0.2) is 0 Å². The molecule has 2 nitrogen and oxygen atoms in total. The summed E-state index contributed by atoms with van der Waals surface area (Å²) >= 11 is 0. The molecule has 0 aromatic heterocycles. The van der Waals surface area contributed by atoms with Crippen molar-refractivity contribution in [2.24, 2.45) is 5.73 Å². The molecule has 0 aliphatic carbocycles. The highest BCUT2D eigenvalue weighted by molar-refractivity contribution is 7.27. The van der Waals surface area contributed by atoms with Crippen LogP contribution in [0.15, 0.2) is 24.3 Å². The van der Waals surface area contributed by atoms with E-state index in [4.69, 9.17) is 5.73 Å². The first-order valence-corrected chi connectivity index (χ1v) is 3.46. The maximum Gasteiger partial charge on any atom is 0.0184 e. The summed E-state index contributed by atoms with van der Waals surface area (Å²) in [5.74, 6) is 0. The molecule has 0 bridgehead atoms. The van der Waals surface area contributed by atoms with Crippen LogP contribution in [-0.2, 0) is 6.54 Å². The molecule has 4 N–H and O–H groups in total. The molecule has 1 rings (SSSR count). The first-order chi connectivity index (χ1) is 4.34. The summed E-state index contributed by atoms with van der Waals surface area (Å²) in [5.41, 5.74) is 6.63. The predicted octanol–water partition coefficient (Wildman–Crippen LogP) is -0.179. The van der Waals surface area contributed by atoms with Crippen LogP contribution >= 0.6 is 9.24 Å². The molecule has 0 fully saturated rings. The fourth-order valence-corrected chi connectivity index (χ4v) is 1.05. The molecule has 1 atom stereocenters. The third-order valence-electron chi connectivity index (χ3n) is 1.28. The summed E-state index contributed by atoms with van der Waals surface area (Å²) in [6.45, 7) is 0.625. The van der Waals surface area contributed by atoms with Crippen LogP contribution in [0.2, 0.25) is 0 Å². The van der Waals surface area contributed by atoms with Crippen molar-refractivity contribution in [3.63, 3.8) is 0 Å². The second-order valence-corrected chi connectivity index (χ2v) is 2.52. The van der Waals surface area contributed by atoms with Gasteiger partial charge in [0.1, 0.15) is 0 Å². The van der Waals surface area contributed by atoms with Gasteiger partial charge in [-0.3, -0.25) is 0 Å². The van der Waals surface area contributed by atoms with Gasteiger partial charge in [0, 0.05) is 6.54 Å². The Morgan fingerprint density at radius 2 is 1.90 bits per heavy atom. The lowest BCUT2D eigenvalue weighted by molar-refractivity contribution is 0.824. The van der Waals surface area contributed by atoms with Crippen LogP contribution in [-0.4, -0.2) is 5.48 Å². The molecule has 0 radical (unpaired) electrons. The summed E-state index contributed by atoms with van der Waals surface area (Å²) in [6, 6.07) is 8.06. The van der Waals surface area contributed by atoms with E-state index in [9.17, 15) is 0 Å². The van der Waals surface area contributed by atoms with E-state index in [-0.39, 0.29) is 5.48 Å². The van der Waals surface area contributed by atoms with Gasteiger partial charge < -0.3 is 11.2 Å². The Bertz CT molecular complexity index is 203. The molecule has 1 unspecified atom stereocenters. The van der Waals surface area contributed by atoms with E-state index in [0.29, 0.717) is 6.54 Å². The Kier molecular flexibility index (Phi) is 4.21. The van der Waals surface area contributed by atoms with Crippen molar-refractivity contribution in [1.82, 2.24) is 0 Å². The van der Waals surface area contributed by atoms with E-state index in [2.05, 4.69) is 9.24 Å². The highest BCUT2D eigenvalue weighted by Crippen LogP contribution is 1.97. The second kappa shape index (κ2) is 4.40. The summed E-state index contributed by atoms with van der Waals surface area (Å²) in [6.07, 6.45) is 0. The first-order valence-electron chi connectivity index (χ1n) is 2.88. The van der Waals surface area contributed by atoms with Gasteiger partial charge in [-0.15, -0.1) is 9.24 Å². The predicted molar refractivity (Wildman–Crippen MR) is 47.3 cm³/mol. The Balaban J connectivity index is 0.000000810. The molecule has 1 aromatic carbocycles. The monoisotopic (exact) mass is 157 g/mol. The van der Waals surface area contributed by atoms with Crippen LogP contribution in [0, 0.1) is 0 Å². The number of rotatable bonds is 1. The van der Waals surface area contributed by atoms with Gasteiger partial charge in [-0.05, 0) is 10.9 Å². The SMILES string of the molecule is NCc1ccccc1P.O. The average Bonchev–Trinajstić information content (AvgIpc) is 1.89. The van der Waals surface area contributed by atoms with Gasteiger partial charge in [0.05, 0.1) is 0 Å². The summed E-state index contributed by atoms with van der Waals surface area (Å²) in [7, 11) is 2.65. The van der Waals surface area contributed by atoms with E-state index in [1.165, 1.54) is 10.9 Å². The van der Waals surface area contributed by atoms with Crippen LogP contribution in [0.3, 0.4) is 0 Å². The molecule has 56 valence electrons. The van der Waals surface area contributed by atoms with Crippen molar-refractivity contribution in [2.45, 2.75) is 6.54 Å². The molecule has 0 amide bonds. The molecule has 0 aliphatic rings. The van der Waals surface area contributed by atoms with Crippen molar-refractivity contribution < 1.29 is 5.48 Å². The van der Waals surface area contributed by atoms with Gasteiger partial charge in [0.25, 0.3) is 0 Å². The van der Waals surface area contributed by atoms with Gasteiger partial charge in [-0.25, -0.2) is 0 Å². The lowest BCUT2D eigenvalue weighted by Crippen LogP contribution is -2.06. The Morgan fingerprint density at radius 1 is 1.30 bits per heavy atom. The van der Waals surface area contributed by atoms with Gasteiger partial charge >= 0.3 is 0 Å². The lowest BCUT2D eigenvalue weighted by Gasteiger charge is -1.98. The van der Waals surface area contributed by atoms with Crippen molar-refractivity contribution in [3.05, 3.63) is 29.8 Å². The third kappa shape index (κ3) is 2.07. The van der Waals surface area contributed by atoms with Crippen LogP contribution in [0.5, 0.6) is 0 Å².